The van der Waals surface area contributed by atoms with Gasteiger partial charge in [-0.3, -0.25) is 0 Å². The number of ether oxygens (including phenoxy) is 2. The zero-order chi connectivity index (χ0) is 47.6. The third kappa shape index (κ3) is 8.59. The molecule has 0 spiro atoms. The minimum absolute atomic E-state index is 0.111. The smallest absolute Gasteiger partial charge is 0.459 e. The molecule has 0 heterocycles. The Hall–Kier alpha value is -3.42. The van der Waals surface area contributed by atoms with E-state index in [1.54, 1.807) is 0 Å². The molecule has 2 atom stereocenters. The molecule has 0 rings (SSSR count). The number of carbonyl (C=O) groups is 2. The first-order valence-electron chi connectivity index (χ1n) is 13.5. The first-order chi connectivity index (χ1) is 24.8. The predicted molar refractivity (Wildman–Crippen MR) is 121 cm³/mol. The van der Waals surface area contributed by atoms with Gasteiger partial charge in [0, 0.05) is 12.2 Å². The van der Waals surface area contributed by atoms with Crippen LogP contribution in [0, 0.1) is 0 Å². The Morgan fingerprint density at radius 3 is 0.707 bits per heavy atom. The van der Waals surface area contributed by atoms with Crippen molar-refractivity contribution in [1.29, 1.82) is 0 Å². The molecular weight excluding hydrogens is 922 g/mol. The summed E-state index contributed by atoms with van der Waals surface area (Å²) in [4.78, 5) is 23.2. The average molecular weight is 936 g/mol. The van der Waals surface area contributed by atoms with Gasteiger partial charge >= 0.3 is 95.4 Å². The van der Waals surface area contributed by atoms with Crippen molar-refractivity contribution in [2.75, 3.05) is 0 Å². The Kier molecular flexibility index (Phi) is 14.3. The Balaban J connectivity index is 6.02. The number of hydrogen-bond acceptors (Lipinski definition) is 4. The molecule has 0 bridgehead atoms. The van der Waals surface area contributed by atoms with Crippen molar-refractivity contribution in [3.63, 3.8) is 0 Å². The Morgan fingerprint density at radius 1 is 0.345 bits per heavy atom. The van der Waals surface area contributed by atoms with Crippen LogP contribution in [0.15, 0.2) is 12.2 Å². The Bertz CT molecular complexity index is 1390. The lowest BCUT2D eigenvalue weighted by atomic mass is 9.89. The highest BCUT2D eigenvalue weighted by molar-refractivity contribution is 5.91. The third-order valence-corrected chi connectivity index (χ3v) is 6.86. The van der Waals surface area contributed by atoms with E-state index in [2.05, 4.69) is 9.47 Å². The molecule has 0 aromatic carbocycles. The van der Waals surface area contributed by atoms with E-state index in [0.29, 0.717) is 0 Å². The van der Waals surface area contributed by atoms with Gasteiger partial charge in [0.25, 0.3) is 0 Å². The summed E-state index contributed by atoms with van der Waals surface area (Å²) in [5, 5.41) is 0. The van der Waals surface area contributed by atoms with Crippen LogP contribution in [-0.2, 0) is 19.1 Å². The van der Waals surface area contributed by atoms with Crippen LogP contribution in [0.1, 0.15) is 26.7 Å². The number of alkyl halides is 30. The largest absolute Gasteiger partial charge is 0.460 e. The minimum Gasteiger partial charge on any atom is -0.459 e. The molecular formula is C24H14F30O4. The highest BCUT2D eigenvalue weighted by Gasteiger charge is 2.94. The van der Waals surface area contributed by atoms with E-state index < -0.39 is 133 Å². The quantitative estimate of drug-likeness (QED) is 0.0781. The third-order valence-electron chi connectivity index (χ3n) is 6.86. The van der Waals surface area contributed by atoms with E-state index in [1.807, 2.05) is 0 Å². The van der Waals surface area contributed by atoms with E-state index in [1.165, 1.54) is 0 Å². The molecule has 344 valence electrons. The van der Waals surface area contributed by atoms with Gasteiger partial charge in [-0.05, 0) is 13.8 Å². The lowest BCUT2D eigenvalue weighted by Gasteiger charge is -2.41. The van der Waals surface area contributed by atoms with Crippen LogP contribution < -0.4 is 0 Å². The monoisotopic (exact) mass is 936 g/mol. The fraction of sp³-hybridized carbons (Fsp3) is 0.833. The molecule has 2 unspecified atom stereocenters. The maximum atomic E-state index is 14.0. The summed E-state index contributed by atoms with van der Waals surface area (Å²) < 4.78 is 405. The normalized spacial score (nSPS) is 17.0. The SMILES string of the molecule is CC(CC(F)(F)C(F)(F)C(F)(F)C(F)(F)C(F)(F)C(F)(F)C(F)(F)F)OC(=O)/C=C/C(=O)OC(C)CC(F)(F)C(F)(F)C(F)(F)C(F)(F)C(F)(F)C(F)(F)C(F)(F)F. The molecule has 0 fully saturated rings. The topological polar surface area (TPSA) is 52.6 Å². The lowest BCUT2D eigenvalue weighted by molar-refractivity contribution is -0.453. The van der Waals surface area contributed by atoms with Gasteiger partial charge in [-0.15, -0.1) is 0 Å². The van der Waals surface area contributed by atoms with Gasteiger partial charge in [0.15, 0.2) is 0 Å². The summed E-state index contributed by atoms with van der Waals surface area (Å²) >= 11 is 0. The number of esters is 2. The molecule has 0 N–H and O–H groups in total. The molecule has 0 amide bonds. The van der Waals surface area contributed by atoms with E-state index in [4.69, 9.17) is 0 Å². The van der Waals surface area contributed by atoms with Gasteiger partial charge in [0.05, 0.1) is 12.8 Å². The van der Waals surface area contributed by atoms with E-state index in [0.717, 1.165) is 0 Å². The fourth-order valence-electron chi connectivity index (χ4n) is 3.67. The van der Waals surface area contributed by atoms with Crippen LogP contribution in [0.5, 0.6) is 0 Å². The molecule has 0 aliphatic heterocycles. The highest BCUT2D eigenvalue weighted by Crippen LogP contribution is 2.64. The van der Waals surface area contributed by atoms with Crippen LogP contribution in [-0.4, -0.2) is 108 Å². The second-order valence-corrected chi connectivity index (χ2v) is 11.4. The average Bonchev–Trinajstić information content (AvgIpc) is 2.97. The Labute approximate surface area is 298 Å². The summed E-state index contributed by atoms with van der Waals surface area (Å²) in [5.41, 5.74) is 0. The van der Waals surface area contributed by atoms with Crippen molar-refractivity contribution in [2.45, 2.75) is 122 Å². The maximum absolute atomic E-state index is 14.0. The van der Waals surface area contributed by atoms with E-state index >= 15 is 0 Å². The summed E-state index contributed by atoms with van der Waals surface area (Å²) in [6.45, 7) is -0.221. The van der Waals surface area contributed by atoms with Crippen molar-refractivity contribution >= 4 is 11.9 Å². The molecule has 0 aliphatic rings. The van der Waals surface area contributed by atoms with Crippen molar-refractivity contribution < 1.29 is 151 Å². The molecule has 0 saturated heterocycles. The number of carbonyl (C=O) groups excluding carboxylic acids is 2. The minimum atomic E-state index is -8.68. The van der Waals surface area contributed by atoms with Gasteiger partial charge < -0.3 is 9.47 Å². The van der Waals surface area contributed by atoms with Crippen LogP contribution in [0.3, 0.4) is 0 Å². The predicted octanol–water partition coefficient (Wildman–Crippen LogP) is 10.9. The molecule has 34 heteroatoms. The van der Waals surface area contributed by atoms with Crippen molar-refractivity contribution in [2.24, 2.45) is 0 Å². The van der Waals surface area contributed by atoms with Crippen LogP contribution in [0.2, 0.25) is 0 Å². The van der Waals surface area contributed by atoms with Gasteiger partial charge in [-0.2, -0.15) is 132 Å². The molecule has 0 radical (unpaired) electrons. The van der Waals surface area contributed by atoms with Crippen LogP contribution in [0.4, 0.5) is 132 Å². The number of rotatable bonds is 18. The summed E-state index contributed by atoms with van der Waals surface area (Å²) in [5.74, 6) is -103. The van der Waals surface area contributed by atoms with E-state index in [-0.39, 0.29) is 13.8 Å². The zero-order valence-corrected chi connectivity index (χ0v) is 26.7. The maximum Gasteiger partial charge on any atom is 0.460 e. The van der Waals surface area contributed by atoms with Crippen molar-refractivity contribution in [3.05, 3.63) is 12.2 Å². The van der Waals surface area contributed by atoms with Crippen LogP contribution in [0.25, 0.3) is 0 Å². The Morgan fingerprint density at radius 2 is 0.517 bits per heavy atom. The second-order valence-electron chi connectivity index (χ2n) is 11.4. The standard InChI is InChI=1S/C24H14F30O4/c1-7(5-11(25,26)13(29,30)15(33,34)17(37,38)19(41,42)21(45,46)23(49,50)51)57-9(55)3-4-10(56)58-8(2)6-12(27,28)14(31,32)16(35,36)18(39,40)20(43,44)22(47,48)24(52,53)54/h3-4,7-8H,5-6H2,1-2H3/b4-3+. The van der Waals surface area contributed by atoms with E-state index in [9.17, 15) is 141 Å². The van der Waals surface area contributed by atoms with Crippen LogP contribution >= 0.6 is 0 Å². The first kappa shape index (κ1) is 54.6. The molecule has 0 aromatic rings. The molecule has 4 nitrogen and oxygen atoms in total. The fourth-order valence-corrected chi connectivity index (χ4v) is 3.67. The second kappa shape index (κ2) is 15.2. The number of halogens is 30. The van der Waals surface area contributed by atoms with Crippen molar-refractivity contribution in [1.82, 2.24) is 0 Å². The highest BCUT2D eigenvalue weighted by atomic mass is 19.4. The molecule has 0 aliphatic carbocycles. The summed E-state index contributed by atoms with van der Waals surface area (Å²) in [6, 6.07) is 0. The van der Waals surface area contributed by atoms with Gasteiger partial charge in [-0.1, -0.05) is 0 Å². The first-order valence-corrected chi connectivity index (χ1v) is 13.5. The summed E-state index contributed by atoms with van der Waals surface area (Å²) in [7, 11) is 0. The molecule has 58 heavy (non-hydrogen) atoms. The van der Waals surface area contributed by atoms with Gasteiger partial charge in [-0.25, -0.2) is 9.59 Å². The van der Waals surface area contributed by atoms with Gasteiger partial charge in [0.2, 0.25) is 0 Å². The van der Waals surface area contributed by atoms with Crippen molar-refractivity contribution in [3.8, 4) is 0 Å². The molecule has 0 aromatic heterocycles. The molecule has 0 saturated carbocycles. The number of hydrogen-bond donors (Lipinski definition) is 0. The summed E-state index contributed by atoms with van der Waals surface area (Å²) in [6.07, 6.45) is -29.8. The zero-order valence-electron chi connectivity index (χ0n) is 26.7. The lowest BCUT2D eigenvalue weighted by Crippen LogP contribution is -2.72. The van der Waals surface area contributed by atoms with Gasteiger partial charge in [0.1, 0.15) is 12.2 Å².